The Labute approximate surface area is 107 Å². The molecular formula is C14H18N4. The zero-order chi connectivity index (χ0) is 13.0. The van der Waals surface area contributed by atoms with E-state index in [1.807, 2.05) is 37.5 Å². The largest absolute Gasteiger partial charge is 0.384 e. The third kappa shape index (κ3) is 3.53. The van der Waals surface area contributed by atoms with Crippen LogP contribution in [0.2, 0.25) is 0 Å². The van der Waals surface area contributed by atoms with Crippen molar-refractivity contribution in [3.63, 3.8) is 0 Å². The van der Waals surface area contributed by atoms with Crippen LogP contribution in [-0.2, 0) is 13.1 Å². The number of nitrogen functional groups attached to an aromatic ring is 1. The molecule has 0 saturated carbocycles. The van der Waals surface area contributed by atoms with Gasteiger partial charge in [-0.2, -0.15) is 0 Å². The van der Waals surface area contributed by atoms with Crippen LogP contribution in [0.5, 0.6) is 0 Å². The lowest BCUT2D eigenvalue weighted by Gasteiger charge is -2.16. The second-order valence-corrected chi connectivity index (χ2v) is 4.57. The Morgan fingerprint density at radius 1 is 1.00 bits per heavy atom. The average Bonchev–Trinajstić information content (AvgIpc) is 2.35. The summed E-state index contributed by atoms with van der Waals surface area (Å²) in [4.78, 5) is 10.6. The van der Waals surface area contributed by atoms with E-state index in [0.717, 1.165) is 24.3 Å². The summed E-state index contributed by atoms with van der Waals surface area (Å²) in [5, 5.41) is 0. The summed E-state index contributed by atoms with van der Waals surface area (Å²) in [6, 6.07) is 7.98. The maximum Gasteiger partial charge on any atom is 0.123 e. The van der Waals surface area contributed by atoms with Crippen molar-refractivity contribution in [2.75, 3.05) is 12.8 Å². The van der Waals surface area contributed by atoms with Crippen molar-refractivity contribution in [3.05, 3.63) is 53.5 Å². The maximum atomic E-state index is 5.56. The zero-order valence-electron chi connectivity index (χ0n) is 10.8. The van der Waals surface area contributed by atoms with E-state index in [9.17, 15) is 0 Å². The van der Waals surface area contributed by atoms with Crippen LogP contribution in [0.4, 0.5) is 5.82 Å². The average molecular weight is 242 g/mol. The number of aromatic nitrogens is 2. The van der Waals surface area contributed by atoms with Gasteiger partial charge >= 0.3 is 0 Å². The van der Waals surface area contributed by atoms with Gasteiger partial charge in [-0.1, -0.05) is 12.1 Å². The summed E-state index contributed by atoms with van der Waals surface area (Å²) in [5.41, 5.74) is 8.98. The fourth-order valence-electron chi connectivity index (χ4n) is 1.80. The number of nitrogens with zero attached hydrogens (tertiary/aromatic N) is 3. The van der Waals surface area contributed by atoms with Crippen molar-refractivity contribution in [3.8, 4) is 0 Å². The number of anilines is 1. The van der Waals surface area contributed by atoms with Crippen molar-refractivity contribution in [1.82, 2.24) is 14.9 Å². The molecule has 4 heteroatoms. The van der Waals surface area contributed by atoms with E-state index >= 15 is 0 Å². The Hall–Kier alpha value is -1.94. The Bertz CT molecular complexity index is 443. The molecule has 94 valence electrons. The summed E-state index contributed by atoms with van der Waals surface area (Å²) in [6.45, 7) is 3.71. The molecule has 0 aliphatic heterocycles. The van der Waals surface area contributed by atoms with E-state index < -0.39 is 0 Å². The first-order valence-electron chi connectivity index (χ1n) is 5.94. The van der Waals surface area contributed by atoms with E-state index in [1.54, 1.807) is 0 Å². The summed E-state index contributed by atoms with van der Waals surface area (Å²) in [5.74, 6) is 0.559. The van der Waals surface area contributed by atoms with Crippen molar-refractivity contribution in [2.45, 2.75) is 20.0 Å². The van der Waals surface area contributed by atoms with Gasteiger partial charge in [0.05, 0.1) is 0 Å². The Morgan fingerprint density at radius 2 is 1.61 bits per heavy atom. The molecule has 0 fully saturated rings. The molecule has 4 nitrogen and oxygen atoms in total. The summed E-state index contributed by atoms with van der Waals surface area (Å²) >= 11 is 0. The van der Waals surface area contributed by atoms with Gasteiger partial charge in [0, 0.05) is 31.2 Å². The van der Waals surface area contributed by atoms with E-state index in [1.165, 1.54) is 5.56 Å². The molecule has 0 spiro atoms. The van der Waals surface area contributed by atoms with Gasteiger partial charge in [0.25, 0.3) is 0 Å². The van der Waals surface area contributed by atoms with Gasteiger partial charge in [-0.05, 0) is 37.2 Å². The van der Waals surface area contributed by atoms with Gasteiger partial charge in [-0.3, -0.25) is 9.88 Å². The van der Waals surface area contributed by atoms with Crippen LogP contribution in [0.15, 0.2) is 36.7 Å². The molecule has 0 bridgehead atoms. The molecule has 2 heterocycles. The van der Waals surface area contributed by atoms with Crippen LogP contribution >= 0.6 is 0 Å². The highest BCUT2D eigenvalue weighted by molar-refractivity contribution is 5.29. The van der Waals surface area contributed by atoms with E-state index in [0.29, 0.717) is 5.82 Å². The van der Waals surface area contributed by atoms with Crippen LogP contribution in [-0.4, -0.2) is 21.9 Å². The van der Waals surface area contributed by atoms with Gasteiger partial charge in [-0.25, -0.2) is 4.98 Å². The quantitative estimate of drug-likeness (QED) is 0.891. The van der Waals surface area contributed by atoms with Crippen molar-refractivity contribution in [1.29, 1.82) is 0 Å². The van der Waals surface area contributed by atoms with Crippen LogP contribution in [0.3, 0.4) is 0 Å². The summed E-state index contributed by atoms with van der Waals surface area (Å²) in [6.07, 6.45) is 3.74. The first-order chi connectivity index (χ1) is 8.63. The minimum absolute atomic E-state index is 0.559. The lowest BCUT2D eigenvalue weighted by Crippen LogP contribution is -2.17. The first-order valence-corrected chi connectivity index (χ1v) is 5.94. The molecule has 0 aromatic carbocycles. The molecule has 2 aromatic heterocycles. The van der Waals surface area contributed by atoms with Gasteiger partial charge < -0.3 is 5.73 Å². The van der Waals surface area contributed by atoms with Gasteiger partial charge in [0.1, 0.15) is 5.82 Å². The molecular weight excluding hydrogens is 224 g/mol. The van der Waals surface area contributed by atoms with Crippen molar-refractivity contribution >= 4 is 5.82 Å². The van der Waals surface area contributed by atoms with Crippen LogP contribution in [0.1, 0.15) is 16.8 Å². The van der Waals surface area contributed by atoms with E-state index in [4.69, 9.17) is 5.73 Å². The maximum absolute atomic E-state index is 5.56. The molecule has 0 aliphatic rings. The molecule has 0 aliphatic carbocycles. The number of pyridine rings is 2. The molecule has 18 heavy (non-hydrogen) atoms. The number of rotatable bonds is 4. The van der Waals surface area contributed by atoms with Gasteiger partial charge in [0.2, 0.25) is 0 Å². The molecule has 0 unspecified atom stereocenters. The normalized spacial score (nSPS) is 10.8. The molecule has 2 aromatic rings. The second kappa shape index (κ2) is 5.60. The lowest BCUT2D eigenvalue weighted by molar-refractivity contribution is 0.318. The lowest BCUT2D eigenvalue weighted by atomic mass is 10.2. The molecule has 2 N–H and O–H groups in total. The minimum atomic E-state index is 0.559. The molecule has 0 radical (unpaired) electrons. The highest BCUT2D eigenvalue weighted by atomic mass is 15.1. The number of hydrogen-bond acceptors (Lipinski definition) is 4. The minimum Gasteiger partial charge on any atom is -0.384 e. The standard InChI is InChI=1S/C14H18N4/c1-11-3-4-12(7-16-11)9-18(2)10-13-5-6-14(15)17-8-13/h3-8H,9-10H2,1-2H3,(H2,15,17). The number of hydrogen-bond donors (Lipinski definition) is 1. The smallest absolute Gasteiger partial charge is 0.123 e. The Balaban J connectivity index is 1.94. The number of aryl methyl sites for hydroxylation is 1. The predicted octanol–water partition coefficient (Wildman–Crippen LogP) is 2.00. The summed E-state index contributed by atoms with van der Waals surface area (Å²) in [7, 11) is 2.08. The first kappa shape index (κ1) is 12.5. The van der Waals surface area contributed by atoms with E-state index in [2.05, 4.69) is 28.0 Å². The monoisotopic (exact) mass is 242 g/mol. The Kier molecular flexibility index (Phi) is 3.89. The van der Waals surface area contributed by atoms with Crippen molar-refractivity contribution < 1.29 is 0 Å². The van der Waals surface area contributed by atoms with Crippen LogP contribution in [0.25, 0.3) is 0 Å². The second-order valence-electron chi connectivity index (χ2n) is 4.57. The highest BCUT2D eigenvalue weighted by Crippen LogP contribution is 2.08. The van der Waals surface area contributed by atoms with Gasteiger partial charge in [-0.15, -0.1) is 0 Å². The fourth-order valence-corrected chi connectivity index (χ4v) is 1.80. The zero-order valence-corrected chi connectivity index (χ0v) is 10.8. The predicted molar refractivity (Wildman–Crippen MR) is 72.8 cm³/mol. The van der Waals surface area contributed by atoms with E-state index in [-0.39, 0.29) is 0 Å². The third-order valence-electron chi connectivity index (χ3n) is 2.73. The summed E-state index contributed by atoms with van der Waals surface area (Å²) < 4.78 is 0. The fraction of sp³-hybridized carbons (Fsp3) is 0.286. The molecule has 0 saturated heterocycles. The topological polar surface area (TPSA) is 55.0 Å². The number of nitrogens with two attached hydrogens (primary N) is 1. The van der Waals surface area contributed by atoms with Crippen molar-refractivity contribution in [2.24, 2.45) is 0 Å². The van der Waals surface area contributed by atoms with Gasteiger partial charge in [0.15, 0.2) is 0 Å². The Morgan fingerprint density at radius 3 is 2.11 bits per heavy atom. The third-order valence-corrected chi connectivity index (χ3v) is 2.73. The highest BCUT2D eigenvalue weighted by Gasteiger charge is 2.02. The molecule has 0 atom stereocenters. The molecule has 0 amide bonds. The van der Waals surface area contributed by atoms with Crippen LogP contribution < -0.4 is 5.73 Å². The SMILES string of the molecule is Cc1ccc(CN(C)Cc2ccc(N)nc2)cn1. The molecule has 2 rings (SSSR count). The van der Waals surface area contributed by atoms with Crippen LogP contribution in [0, 0.1) is 6.92 Å².